The third-order valence-corrected chi connectivity index (χ3v) is 5.98. The Kier molecular flexibility index (Phi) is 5.86. The first kappa shape index (κ1) is 15.8. The van der Waals surface area contributed by atoms with Crippen molar-refractivity contribution in [3.8, 4) is 0 Å². The fraction of sp³-hybridized carbons (Fsp3) is 0.842. The highest BCUT2D eigenvalue weighted by atomic mass is 14.8. The van der Waals surface area contributed by atoms with Gasteiger partial charge in [-0.2, -0.15) is 0 Å². The van der Waals surface area contributed by atoms with Gasteiger partial charge < -0.3 is 0 Å². The van der Waals surface area contributed by atoms with Crippen molar-refractivity contribution in [1.29, 1.82) is 0 Å². The second-order valence-corrected chi connectivity index (χ2v) is 7.22. The number of aliphatic imine (C=N–C) groups is 1. The Balaban J connectivity index is 2.03. The molecule has 20 heavy (non-hydrogen) atoms. The monoisotopic (exact) mass is 275 g/mol. The Bertz CT molecular complexity index is 344. The van der Waals surface area contributed by atoms with Gasteiger partial charge in [0.1, 0.15) is 0 Å². The summed E-state index contributed by atoms with van der Waals surface area (Å²) in [6.07, 6.45) is 14.9. The fourth-order valence-electron chi connectivity index (χ4n) is 4.08. The summed E-state index contributed by atoms with van der Waals surface area (Å²) in [7, 11) is 0. The van der Waals surface area contributed by atoms with Crippen LogP contribution in [-0.4, -0.2) is 12.3 Å². The lowest BCUT2D eigenvalue weighted by atomic mass is 9.64. The van der Waals surface area contributed by atoms with Crippen LogP contribution in [-0.2, 0) is 0 Å². The van der Waals surface area contributed by atoms with Crippen LogP contribution in [0.4, 0.5) is 0 Å². The summed E-state index contributed by atoms with van der Waals surface area (Å²) >= 11 is 0. The second kappa shape index (κ2) is 7.43. The van der Waals surface area contributed by atoms with Gasteiger partial charge in [-0.1, -0.05) is 53.0 Å². The van der Waals surface area contributed by atoms with E-state index >= 15 is 0 Å². The summed E-state index contributed by atoms with van der Waals surface area (Å²) in [6, 6.07) is 0.633. The Hall–Kier alpha value is -0.590. The van der Waals surface area contributed by atoms with Gasteiger partial charge in [-0.3, -0.25) is 4.99 Å². The summed E-state index contributed by atoms with van der Waals surface area (Å²) in [6.45, 7) is 9.56. The van der Waals surface area contributed by atoms with Gasteiger partial charge >= 0.3 is 0 Å². The number of hydrogen-bond donors (Lipinski definition) is 0. The molecule has 0 aromatic rings. The van der Waals surface area contributed by atoms with Crippen molar-refractivity contribution in [3.63, 3.8) is 0 Å². The summed E-state index contributed by atoms with van der Waals surface area (Å²) < 4.78 is 0. The average molecular weight is 275 g/mol. The Labute approximate surface area is 126 Å². The van der Waals surface area contributed by atoms with E-state index in [-0.39, 0.29) is 0 Å². The van der Waals surface area contributed by atoms with Gasteiger partial charge in [0, 0.05) is 6.21 Å². The molecule has 1 aliphatic carbocycles. The van der Waals surface area contributed by atoms with Crippen molar-refractivity contribution in [2.75, 3.05) is 0 Å². The molecule has 6 atom stereocenters. The van der Waals surface area contributed by atoms with Crippen molar-refractivity contribution in [1.82, 2.24) is 0 Å². The molecule has 0 saturated heterocycles. The molecule has 1 fully saturated rings. The Morgan fingerprint density at radius 2 is 1.95 bits per heavy atom. The van der Waals surface area contributed by atoms with Crippen LogP contribution in [0.2, 0.25) is 0 Å². The lowest BCUT2D eigenvalue weighted by molar-refractivity contribution is 0.125. The highest BCUT2D eigenvalue weighted by Crippen LogP contribution is 2.44. The van der Waals surface area contributed by atoms with Crippen LogP contribution in [0.25, 0.3) is 0 Å². The van der Waals surface area contributed by atoms with Crippen LogP contribution in [0.1, 0.15) is 66.2 Å². The number of fused-ring (bicyclic) bond motifs is 1. The molecule has 2 aliphatic rings. The predicted molar refractivity (Wildman–Crippen MR) is 89.3 cm³/mol. The minimum Gasteiger partial charge on any atom is -0.290 e. The predicted octanol–water partition coefficient (Wildman–Crippen LogP) is 5.51. The maximum atomic E-state index is 4.70. The first-order chi connectivity index (χ1) is 9.67. The maximum Gasteiger partial charge on any atom is 0.0533 e. The molecule has 6 unspecified atom stereocenters. The van der Waals surface area contributed by atoms with E-state index in [2.05, 4.69) is 46.1 Å². The molecule has 0 N–H and O–H groups in total. The summed E-state index contributed by atoms with van der Waals surface area (Å²) in [5.41, 5.74) is 0. The first-order valence-corrected chi connectivity index (χ1v) is 8.87. The van der Waals surface area contributed by atoms with Crippen LogP contribution in [0.15, 0.2) is 17.1 Å². The zero-order valence-electron chi connectivity index (χ0n) is 13.9. The fourth-order valence-corrected chi connectivity index (χ4v) is 4.08. The molecule has 2 rings (SSSR count). The van der Waals surface area contributed by atoms with Crippen molar-refractivity contribution in [3.05, 3.63) is 12.2 Å². The van der Waals surface area contributed by atoms with Crippen LogP contribution < -0.4 is 0 Å². The van der Waals surface area contributed by atoms with E-state index < -0.39 is 0 Å². The van der Waals surface area contributed by atoms with E-state index in [1.54, 1.807) is 0 Å². The van der Waals surface area contributed by atoms with Crippen LogP contribution in [0.5, 0.6) is 0 Å². The third kappa shape index (κ3) is 3.54. The SMILES string of the molecule is CCCC(CC(C)C(C)CC)C1C=CC=NC2CCC21. The van der Waals surface area contributed by atoms with Crippen LogP contribution in [0.3, 0.4) is 0 Å². The molecule has 0 aromatic carbocycles. The molecule has 1 saturated carbocycles. The van der Waals surface area contributed by atoms with Gasteiger partial charge in [-0.05, 0) is 54.9 Å². The van der Waals surface area contributed by atoms with E-state index in [9.17, 15) is 0 Å². The number of rotatable bonds is 7. The second-order valence-electron chi connectivity index (χ2n) is 7.22. The van der Waals surface area contributed by atoms with Crippen molar-refractivity contribution in [2.45, 2.75) is 72.3 Å². The summed E-state index contributed by atoms with van der Waals surface area (Å²) in [4.78, 5) is 4.70. The lowest BCUT2D eigenvalue weighted by Gasteiger charge is -2.42. The van der Waals surface area contributed by atoms with Gasteiger partial charge in [0.15, 0.2) is 0 Å². The van der Waals surface area contributed by atoms with E-state index in [1.165, 1.54) is 38.5 Å². The van der Waals surface area contributed by atoms with Crippen molar-refractivity contribution < 1.29 is 0 Å². The summed E-state index contributed by atoms with van der Waals surface area (Å²) in [5, 5.41) is 0. The quantitative estimate of drug-likeness (QED) is 0.581. The summed E-state index contributed by atoms with van der Waals surface area (Å²) in [5.74, 6) is 4.20. The molecule has 0 bridgehead atoms. The topological polar surface area (TPSA) is 12.4 Å². The Morgan fingerprint density at radius 3 is 2.55 bits per heavy atom. The van der Waals surface area contributed by atoms with Crippen LogP contribution >= 0.6 is 0 Å². The lowest BCUT2D eigenvalue weighted by Crippen LogP contribution is -2.38. The van der Waals surface area contributed by atoms with Gasteiger partial charge in [0.25, 0.3) is 0 Å². The first-order valence-electron chi connectivity index (χ1n) is 8.87. The van der Waals surface area contributed by atoms with E-state index in [4.69, 9.17) is 4.99 Å². The molecule has 0 aromatic heterocycles. The minimum atomic E-state index is 0.633. The molecular formula is C19H33N. The van der Waals surface area contributed by atoms with Gasteiger partial charge in [0.2, 0.25) is 0 Å². The third-order valence-electron chi connectivity index (χ3n) is 5.98. The molecule has 1 nitrogen and oxygen atoms in total. The largest absolute Gasteiger partial charge is 0.290 e. The van der Waals surface area contributed by atoms with Crippen LogP contribution in [0, 0.1) is 29.6 Å². The molecule has 1 aliphatic heterocycles. The average Bonchev–Trinajstić information content (AvgIpc) is 2.56. The molecule has 0 amide bonds. The van der Waals surface area contributed by atoms with Gasteiger partial charge in [-0.25, -0.2) is 0 Å². The molecule has 0 radical (unpaired) electrons. The van der Waals surface area contributed by atoms with Crippen molar-refractivity contribution in [2.24, 2.45) is 34.6 Å². The van der Waals surface area contributed by atoms with Crippen molar-refractivity contribution >= 4 is 6.21 Å². The minimum absolute atomic E-state index is 0.633. The Morgan fingerprint density at radius 1 is 1.15 bits per heavy atom. The molecule has 0 spiro atoms. The molecule has 1 heterocycles. The number of allylic oxidation sites excluding steroid dienone is 2. The normalized spacial score (nSPS) is 32.9. The zero-order valence-corrected chi connectivity index (χ0v) is 13.9. The molecular weight excluding hydrogens is 242 g/mol. The standard InChI is InChI=1S/C19H33N/c1-5-8-16(13-15(4)14(3)6-2)17-9-7-12-20-19-11-10-18(17)19/h7,9,12,14-19H,5-6,8,10-11,13H2,1-4H3. The van der Waals surface area contributed by atoms with E-state index in [0.717, 1.165) is 29.6 Å². The zero-order chi connectivity index (χ0) is 14.5. The molecule has 1 heteroatoms. The van der Waals surface area contributed by atoms with Gasteiger partial charge in [-0.15, -0.1) is 0 Å². The number of hydrogen-bond acceptors (Lipinski definition) is 1. The van der Waals surface area contributed by atoms with E-state index in [0.29, 0.717) is 6.04 Å². The maximum absolute atomic E-state index is 4.70. The van der Waals surface area contributed by atoms with Gasteiger partial charge in [0.05, 0.1) is 6.04 Å². The smallest absolute Gasteiger partial charge is 0.0533 e. The van der Waals surface area contributed by atoms with E-state index in [1.807, 2.05) is 0 Å². The molecule has 114 valence electrons. The highest BCUT2D eigenvalue weighted by molar-refractivity contribution is 5.71. The number of nitrogens with zero attached hydrogens (tertiary/aromatic N) is 1. The highest BCUT2D eigenvalue weighted by Gasteiger charge is 2.39.